The Bertz CT molecular complexity index is 763. The molecule has 0 saturated heterocycles. The van der Waals surface area contributed by atoms with Crippen molar-refractivity contribution in [3.63, 3.8) is 0 Å². The number of hydrogen-bond donors (Lipinski definition) is 1. The van der Waals surface area contributed by atoms with Gasteiger partial charge in [0.2, 0.25) is 0 Å². The van der Waals surface area contributed by atoms with Crippen molar-refractivity contribution in [1.82, 2.24) is 4.98 Å². The van der Waals surface area contributed by atoms with Gasteiger partial charge >= 0.3 is 6.18 Å². The van der Waals surface area contributed by atoms with Crippen molar-refractivity contribution >= 4 is 28.9 Å². The highest BCUT2D eigenvalue weighted by molar-refractivity contribution is 6.29. The van der Waals surface area contributed by atoms with E-state index in [2.05, 4.69) is 10.3 Å². The number of rotatable bonds is 3. The van der Waals surface area contributed by atoms with E-state index in [9.17, 15) is 28.1 Å². The van der Waals surface area contributed by atoms with Crippen molar-refractivity contribution in [1.29, 1.82) is 0 Å². The minimum Gasteiger partial charge on any atom is -0.316 e. The van der Waals surface area contributed by atoms with Crippen LogP contribution in [0.3, 0.4) is 0 Å². The standard InChI is InChI=1S/C13H7ClF3N3O3/c14-11-4-1-7(6-18-11)12(21)19-9-3-2-8(13(15,16)17)5-10(9)20(22)23/h1-6H,(H,19,21). The summed E-state index contributed by atoms with van der Waals surface area (Å²) in [4.78, 5) is 25.5. The van der Waals surface area contributed by atoms with Gasteiger partial charge < -0.3 is 5.32 Å². The summed E-state index contributed by atoms with van der Waals surface area (Å²) >= 11 is 5.56. The zero-order valence-electron chi connectivity index (χ0n) is 11.1. The molecule has 0 radical (unpaired) electrons. The van der Waals surface area contributed by atoms with E-state index in [4.69, 9.17) is 11.6 Å². The third-order valence-electron chi connectivity index (χ3n) is 2.76. The van der Waals surface area contributed by atoms with Gasteiger partial charge in [-0.1, -0.05) is 11.6 Å². The van der Waals surface area contributed by atoms with Crippen molar-refractivity contribution in [2.24, 2.45) is 0 Å². The summed E-state index contributed by atoms with van der Waals surface area (Å²) in [5.41, 5.74) is -2.36. The van der Waals surface area contributed by atoms with Gasteiger partial charge in [-0.05, 0) is 24.3 Å². The number of nitro benzene ring substituents is 1. The van der Waals surface area contributed by atoms with Crippen LogP contribution in [-0.2, 0) is 6.18 Å². The molecule has 0 aliphatic rings. The van der Waals surface area contributed by atoms with Crippen LogP contribution >= 0.6 is 11.6 Å². The van der Waals surface area contributed by atoms with Crippen LogP contribution in [0.2, 0.25) is 5.15 Å². The third kappa shape index (κ3) is 3.95. The lowest BCUT2D eigenvalue weighted by Gasteiger charge is -2.10. The van der Waals surface area contributed by atoms with E-state index in [1.807, 2.05) is 0 Å². The summed E-state index contributed by atoms with van der Waals surface area (Å²) in [6, 6.07) is 4.47. The van der Waals surface area contributed by atoms with E-state index in [0.717, 1.165) is 12.3 Å². The third-order valence-corrected chi connectivity index (χ3v) is 2.98. The molecule has 2 rings (SSSR count). The van der Waals surface area contributed by atoms with E-state index < -0.39 is 28.3 Å². The van der Waals surface area contributed by atoms with Crippen LogP contribution in [0.5, 0.6) is 0 Å². The zero-order chi connectivity index (χ0) is 17.2. The molecule has 120 valence electrons. The molecule has 10 heteroatoms. The van der Waals surface area contributed by atoms with Gasteiger partial charge in [0.1, 0.15) is 10.8 Å². The molecule has 1 aromatic heterocycles. The Labute approximate surface area is 132 Å². The molecule has 0 atom stereocenters. The molecular formula is C13H7ClF3N3O3. The van der Waals surface area contributed by atoms with Gasteiger partial charge in [0.25, 0.3) is 11.6 Å². The van der Waals surface area contributed by atoms with E-state index in [1.165, 1.54) is 12.1 Å². The number of carbonyl (C=O) groups is 1. The Balaban J connectivity index is 2.34. The highest BCUT2D eigenvalue weighted by Gasteiger charge is 2.33. The first-order valence-electron chi connectivity index (χ1n) is 5.97. The first-order valence-corrected chi connectivity index (χ1v) is 6.35. The lowest BCUT2D eigenvalue weighted by Crippen LogP contribution is -2.14. The van der Waals surface area contributed by atoms with Gasteiger partial charge in [-0.3, -0.25) is 14.9 Å². The molecule has 1 aromatic carbocycles. The summed E-state index contributed by atoms with van der Waals surface area (Å²) in [6.07, 6.45) is -3.60. The van der Waals surface area contributed by atoms with Crippen LogP contribution in [-0.4, -0.2) is 15.8 Å². The number of amides is 1. The lowest BCUT2D eigenvalue weighted by atomic mass is 10.1. The number of anilines is 1. The fourth-order valence-corrected chi connectivity index (χ4v) is 1.78. The Morgan fingerprint density at radius 1 is 1.26 bits per heavy atom. The number of carbonyl (C=O) groups excluding carboxylic acids is 1. The molecule has 0 aliphatic carbocycles. The van der Waals surface area contributed by atoms with Gasteiger partial charge in [-0.15, -0.1) is 0 Å². The number of pyridine rings is 1. The summed E-state index contributed by atoms with van der Waals surface area (Å²) < 4.78 is 37.8. The molecule has 1 heterocycles. The molecule has 23 heavy (non-hydrogen) atoms. The first kappa shape index (κ1) is 16.7. The van der Waals surface area contributed by atoms with Crippen molar-refractivity contribution in [3.8, 4) is 0 Å². The van der Waals surface area contributed by atoms with Crippen LogP contribution in [0.25, 0.3) is 0 Å². The lowest BCUT2D eigenvalue weighted by molar-refractivity contribution is -0.384. The maximum absolute atomic E-state index is 12.6. The molecule has 1 N–H and O–H groups in total. The zero-order valence-corrected chi connectivity index (χ0v) is 11.9. The highest BCUT2D eigenvalue weighted by atomic mass is 35.5. The molecule has 0 fully saturated rings. The molecule has 6 nitrogen and oxygen atoms in total. The molecule has 1 amide bonds. The first-order chi connectivity index (χ1) is 10.7. The fourth-order valence-electron chi connectivity index (χ4n) is 1.67. The molecule has 0 spiro atoms. The Kier molecular flexibility index (Phi) is 4.50. The van der Waals surface area contributed by atoms with Crippen LogP contribution in [0.15, 0.2) is 36.5 Å². The number of nitrogens with zero attached hydrogens (tertiary/aromatic N) is 2. The van der Waals surface area contributed by atoms with Gasteiger partial charge in [-0.25, -0.2) is 4.98 Å². The average molecular weight is 346 g/mol. The SMILES string of the molecule is O=C(Nc1ccc(C(F)(F)F)cc1[N+](=O)[O-])c1ccc(Cl)nc1. The van der Waals surface area contributed by atoms with E-state index in [1.54, 1.807) is 0 Å². The second-order valence-electron chi connectivity index (χ2n) is 4.31. The highest BCUT2D eigenvalue weighted by Crippen LogP contribution is 2.35. The van der Waals surface area contributed by atoms with Crippen molar-refractivity contribution in [2.45, 2.75) is 6.18 Å². The average Bonchev–Trinajstić information content (AvgIpc) is 2.46. The van der Waals surface area contributed by atoms with Crippen LogP contribution < -0.4 is 5.32 Å². The predicted octanol–water partition coefficient (Wildman–Crippen LogP) is 3.91. The Morgan fingerprint density at radius 2 is 1.96 bits per heavy atom. The van der Waals surface area contributed by atoms with Gasteiger partial charge in [0, 0.05) is 12.3 Å². The predicted molar refractivity (Wildman–Crippen MR) is 75.3 cm³/mol. The Morgan fingerprint density at radius 3 is 2.48 bits per heavy atom. The van der Waals surface area contributed by atoms with Crippen molar-refractivity contribution < 1.29 is 22.9 Å². The van der Waals surface area contributed by atoms with Gasteiger partial charge in [0.05, 0.1) is 16.1 Å². The number of alkyl halides is 3. The quantitative estimate of drug-likeness (QED) is 0.519. The number of hydrogen-bond acceptors (Lipinski definition) is 4. The summed E-state index contributed by atoms with van der Waals surface area (Å²) in [5, 5.41) is 13.2. The summed E-state index contributed by atoms with van der Waals surface area (Å²) in [6.45, 7) is 0. The minimum absolute atomic E-state index is 0.0450. The van der Waals surface area contributed by atoms with Crippen molar-refractivity contribution in [2.75, 3.05) is 5.32 Å². The number of aromatic nitrogens is 1. The Hall–Kier alpha value is -2.68. The largest absolute Gasteiger partial charge is 0.416 e. The van der Waals surface area contributed by atoms with E-state index in [-0.39, 0.29) is 16.4 Å². The number of nitrogens with one attached hydrogen (secondary N) is 1. The number of benzene rings is 1. The summed E-state index contributed by atoms with van der Waals surface area (Å²) in [5.74, 6) is -0.767. The monoisotopic (exact) mass is 345 g/mol. The summed E-state index contributed by atoms with van der Waals surface area (Å²) in [7, 11) is 0. The fraction of sp³-hybridized carbons (Fsp3) is 0.0769. The molecule has 0 aliphatic heterocycles. The molecule has 0 saturated carbocycles. The molecular weight excluding hydrogens is 339 g/mol. The number of nitro groups is 1. The van der Waals surface area contributed by atoms with Crippen LogP contribution in [0, 0.1) is 10.1 Å². The maximum atomic E-state index is 12.6. The van der Waals surface area contributed by atoms with Gasteiger partial charge in [0.15, 0.2) is 0 Å². The topological polar surface area (TPSA) is 85.1 Å². The second kappa shape index (κ2) is 6.21. The smallest absolute Gasteiger partial charge is 0.316 e. The molecule has 0 unspecified atom stereocenters. The minimum atomic E-state index is -4.73. The second-order valence-corrected chi connectivity index (χ2v) is 4.70. The van der Waals surface area contributed by atoms with E-state index >= 15 is 0 Å². The molecule has 0 bridgehead atoms. The number of halogens is 4. The van der Waals surface area contributed by atoms with E-state index in [0.29, 0.717) is 12.1 Å². The molecule has 2 aromatic rings. The van der Waals surface area contributed by atoms with Gasteiger partial charge in [-0.2, -0.15) is 13.2 Å². The maximum Gasteiger partial charge on any atom is 0.416 e. The van der Waals surface area contributed by atoms with Crippen LogP contribution in [0.4, 0.5) is 24.5 Å². The normalized spacial score (nSPS) is 11.1. The van der Waals surface area contributed by atoms with Crippen molar-refractivity contribution in [3.05, 3.63) is 62.9 Å². The van der Waals surface area contributed by atoms with Crippen LogP contribution in [0.1, 0.15) is 15.9 Å².